The largest absolute Gasteiger partial charge is 0.420 e. The number of carbonyl (C=O) groups is 2. The lowest BCUT2D eigenvalue weighted by Crippen LogP contribution is -2.48. The molecular weight excluding hydrogens is 582 g/mol. The van der Waals surface area contributed by atoms with Crippen molar-refractivity contribution in [3.63, 3.8) is 0 Å². The van der Waals surface area contributed by atoms with Crippen molar-refractivity contribution in [1.82, 2.24) is 14.7 Å². The van der Waals surface area contributed by atoms with Crippen LogP contribution in [0.25, 0.3) is 0 Å². The standard InChI is InChI=1S/C27H33F4N5O5S/c1-34-11-13-35(14-12-34)9-2-10-36(26(38)33-20-5-8-24(28)23(17-20)27(29,30)31)21-6-3-18-4-7-22(16-19(18)15-21)42(39,40)41-25(32)37/h4-5,7-8,16-17,21H,2-3,6,9-15H2,1H3,(H2,32,37)(H,33,38). The minimum Gasteiger partial charge on any atom is -0.334 e. The van der Waals surface area contributed by atoms with E-state index in [-0.39, 0.29) is 23.5 Å². The molecular formula is C27H33F4N5O5S. The molecule has 15 heteroatoms. The molecule has 4 rings (SSSR count). The van der Waals surface area contributed by atoms with E-state index in [0.29, 0.717) is 43.5 Å². The molecule has 3 amide bonds. The number of amides is 3. The Labute approximate surface area is 241 Å². The van der Waals surface area contributed by atoms with Crippen LogP contribution in [-0.2, 0) is 33.3 Å². The number of urea groups is 1. The van der Waals surface area contributed by atoms with Crippen molar-refractivity contribution in [2.75, 3.05) is 51.6 Å². The highest BCUT2D eigenvalue weighted by atomic mass is 32.2. The van der Waals surface area contributed by atoms with Crippen LogP contribution in [-0.4, -0.2) is 87.6 Å². The number of anilines is 1. The number of halogens is 4. The number of rotatable bonds is 8. The van der Waals surface area contributed by atoms with Crippen LogP contribution in [0.5, 0.6) is 0 Å². The molecule has 2 aliphatic rings. The summed E-state index contributed by atoms with van der Waals surface area (Å²) in [5.41, 5.74) is 4.67. The molecule has 0 saturated carbocycles. The lowest BCUT2D eigenvalue weighted by molar-refractivity contribution is -0.139. The van der Waals surface area contributed by atoms with Crippen molar-refractivity contribution >= 4 is 27.9 Å². The Bertz CT molecular complexity index is 1410. The molecule has 1 saturated heterocycles. The number of primary amides is 1. The predicted molar refractivity (Wildman–Crippen MR) is 146 cm³/mol. The van der Waals surface area contributed by atoms with E-state index in [4.69, 9.17) is 5.73 Å². The maximum atomic E-state index is 13.8. The van der Waals surface area contributed by atoms with Crippen LogP contribution in [0.4, 0.5) is 32.8 Å². The van der Waals surface area contributed by atoms with E-state index in [9.17, 15) is 35.6 Å². The number of aryl methyl sites for hydroxylation is 1. The summed E-state index contributed by atoms with van der Waals surface area (Å²) < 4.78 is 82.6. The van der Waals surface area contributed by atoms with Crippen LogP contribution in [0.3, 0.4) is 0 Å². The summed E-state index contributed by atoms with van der Waals surface area (Å²) >= 11 is 0. The maximum Gasteiger partial charge on any atom is 0.420 e. The second kappa shape index (κ2) is 12.8. The van der Waals surface area contributed by atoms with E-state index in [1.807, 2.05) is 7.05 Å². The van der Waals surface area contributed by atoms with Gasteiger partial charge in [0.15, 0.2) is 0 Å². The van der Waals surface area contributed by atoms with Gasteiger partial charge in [0, 0.05) is 44.5 Å². The second-order valence-corrected chi connectivity index (χ2v) is 12.0. The fourth-order valence-electron chi connectivity index (χ4n) is 5.29. The topological polar surface area (TPSA) is 125 Å². The van der Waals surface area contributed by atoms with Crippen molar-refractivity contribution in [3.8, 4) is 0 Å². The highest BCUT2D eigenvalue weighted by molar-refractivity contribution is 7.87. The number of nitrogens with two attached hydrogens (primary N) is 1. The first-order chi connectivity index (χ1) is 19.7. The Morgan fingerprint density at radius 2 is 1.81 bits per heavy atom. The van der Waals surface area contributed by atoms with Gasteiger partial charge in [0.2, 0.25) is 0 Å². The van der Waals surface area contributed by atoms with Gasteiger partial charge in [-0.05, 0) is 80.7 Å². The van der Waals surface area contributed by atoms with Crippen molar-refractivity contribution in [2.45, 2.75) is 42.8 Å². The minimum atomic E-state index is -4.93. The Morgan fingerprint density at radius 1 is 1.10 bits per heavy atom. The highest BCUT2D eigenvalue weighted by Crippen LogP contribution is 2.33. The van der Waals surface area contributed by atoms with Crippen LogP contribution < -0.4 is 11.1 Å². The van der Waals surface area contributed by atoms with E-state index in [1.165, 1.54) is 17.0 Å². The third-order valence-corrected chi connectivity index (χ3v) is 8.77. The van der Waals surface area contributed by atoms with Crippen LogP contribution in [0.2, 0.25) is 0 Å². The van der Waals surface area contributed by atoms with E-state index >= 15 is 0 Å². The number of hydrogen-bond donors (Lipinski definition) is 2. The third-order valence-electron chi connectivity index (χ3n) is 7.55. The Kier molecular flexibility index (Phi) is 9.63. The van der Waals surface area contributed by atoms with Gasteiger partial charge in [0.25, 0.3) is 0 Å². The highest BCUT2D eigenvalue weighted by Gasteiger charge is 2.35. The fourth-order valence-corrected chi connectivity index (χ4v) is 6.13. The van der Waals surface area contributed by atoms with Gasteiger partial charge in [-0.15, -0.1) is 0 Å². The molecule has 42 heavy (non-hydrogen) atoms. The number of likely N-dealkylation sites (N-methyl/N-ethyl adjacent to an activating group) is 1. The quantitative estimate of drug-likeness (QED) is 0.343. The van der Waals surface area contributed by atoms with Gasteiger partial charge in [0.1, 0.15) is 10.7 Å². The Hall–Kier alpha value is -3.43. The zero-order valence-corrected chi connectivity index (χ0v) is 23.8. The molecule has 1 atom stereocenters. The number of fused-ring (bicyclic) bond motifs is 1. The Morgan fingerprint density at radius 3 is 2.48 bits per heavy atom. The first-order valence-electron chi connectivity index (χ1n) is 13.4. The molecule has 1 heterocycles. The van der Waals surface area contributed by atoms with E-state index in [0.717, 1.165) is 37.8 Å². The van der Waals surface area contributed by atoms with Gasteiger partial charge >= 0.3 is 28.4 Å². The summed E-state index contributed by atoms with van der Waals surface area (Å²) in [6.07, 6.45) is -4.52. The number of alkyl halides is 3. The van der Waals surface area contributed by atoms with Crippen molar-refractivity contribution in [1.29, 1.82) is 0 Å². The Balaban J connectivity index is 1.54. The molecule has 0 bridgehead atoms. The van der Waals surface area contributed by atoms with Crippen molar-refractivity contribution in [3.05, 3.63) is 58.9 Å². The van der Waals surface area contributed by atoms with Crippen LogP contribution in [0, 0.1) is 5.82 Å². The molecule has 2 aromatic carbocycles. The zero-order chi connectivity index (χ0) is 30.7. The lowest BCUT2D eigenvalue weighted by atomic mass is 9.87. The fraction of sp³-hybridized carbons (Fsp3) is 0.481. The number of hydrogen-bond acceptors (Lipinski definition) is 7. The average molecular weight is 616 g/mol. The molecule has 1 fully saturated rings. The summed E-state index contributed by atoms with van der Waals surface area (Å²) in [5.74, 6) is -1.44. The maximum absolute atomic E-state index is 13.8. The van der Waals surface area contributed by atoms with Crippen molar-refractivity contribution < 1.29 is 39.8 Å². The van der Waals surface area contributed by atoms with Gasteiger partial charge < -0.3 is 29.9 Å². The first kappa shape index (κ1) is 31.5. The molecule has 2 aromatic rings. The molecule has 3 N–H and O–H groups in total. The van der Waals surface area contributed by atoms with Crippen LogP contribution in [0.1, 0.15) is 29.5 Å². The number of nitrogens with one attached hydrogen (secondary N) is 1. The second-order valence-electron chi connectivity index (χ2n) is 10.5. The smallest absolute Gasteiger partial charge is 0.334 e. The monoisotopic (exact) mass is 615 g/mol. The average Bonchev–Trinajstić information content (AvgIpc) is 2.91. The molecule has 0 radical (unpaired) electrons. The number of nitrogens with zero attached hydrogens (tertiary/aromatic N) is 3. The summed E-state index contributed by atoms with van der Waals surface area (Å²) in [6, 6.07) is 5.50. The molecule has 1 unspecified atom stereocenters. The normalized spacial score (nSPS) is 18.3. The first-order valence-corrected chi connectivity index (χ1v) is 14.8. The van der Waals surface area contributed by atoms with Gasteiger partial charge in [0.05, 0.1) is 5.56 Å². The molecule has 230 valence electrons. The van der Waals surface area contributed by atoms with Crippen LogP contribution in [0.15, 0.2) is 41.3 Å². The summed E-state index contributed by atoms with van der Waals surface area (Å²) in [5, 5.41) is 2.49. The molecule has 0 aromatic heterocycles. The summed E-state index contributed by atoms with van der Waals surface area (Å²) in [4.78, 5) is 30.3. The lowest BCUT2D eigenvalue weighted by Gasteiger charge is -2.37. The van der Waals surface area contributed by atoms with Crippen LogP contribution >= 0.6 is 0 Å². The number of piperazine rings is 1. The van der Waals surface area contributed by atoms with E-state index < -0.39 is 45.8 Å². The SMILES string of the molecule is CN1CCN(CCCN(C(=O)Nc2ccc(F)c(C(F)(F)F)c2)C2CCc3ccc(S(=O)(=O)OC(N)=O)cc3C2)CC1. The molecule has 0 spiro atoms. The molecule has 1 aliphatic heterocycles. The van der Waals surface area contributed by atoms with Gasteiger partial charge in [-0.3, -0.25) is 0 Å². The van der Waals surface area contributed by atoms with E-state index in [2.05, 4.69) is 19.3 Å². The molecule has 1 aliphatic carbocycles. The van der Waals surface area contributed by atoms with E-state index in [1.54, 1.807) is 6.07 Å². The minimum absolute atomic E-state index is 0.203. The summed E-state index contributed by atoms with van der Waals surface area (Å²) in [7, 11) is -2.39. The van der Waals surface area contributed by atoms with Gasteiger partial charge in [-0.1, -0.05) is 6.07 Å². The number of carbonyl (C=O) groups excluding carboxylic acids is 2. The zero-order valence-electron chi connectivity index (χ0n) is 23.0. The van der Waals surface area contributed by atoms with Gasteiger partial charge in [-0.2, -0.15) is 21.6 Å². The summed E-state index contributed by atoms with van der Waals surface area (Å²) in [6.45, 7) is 4.58. The molecule has 10 nitrogen and oxygen atoms in total. The third kappa shape index (κ3) is 7.89. The number of benzene rings is 2. The van der Waals surface area contributed by atoms with Gasteiger partial charge in [-0.25, -0.2) is 14.0 Å². The predicted octanol–water partition coefficient (Wildman–Crippen LogP) is 3.66. The van der Waals surface area contributed by atoms with Crippen molar-refractivity contribution in [2.24, 2.45) is 5.73 Å².